The molecule has 6 nitrogen and oxygen atoms in total. The molecule has 1 spiro atoms. The summed E-state index contributed by atoms with van der Waals surface area (Å²) >= 11 is 0. The van der Waals surface area contributed by atoms with Crippen LogP contribution in [0.4, 0.5) is 0 Å². The first kappa shape index (κ1) is 16.4. The molecule has 5 rings (SSSR count). The number of carbonyl (C=O) groups excluding carboxylic acids is 2. The van der Waals surface area contributed by atoms with E-state index < -0.39 is 5.72 Å². The zero-order valence-electron chi connectivity index (χ0n) is 15.3. The third-order valence-corrected chi connectivity index (χ3v) is 5.78. The van der Waals surface area contributed by atoms with Crippen molar-refractivity contribution in [1.82, 2.24) is 10.2 Å². The first-order valence-corrected chi connectivity index (χ1v) is 9.55. The lowest BCUT2D eigenvalue weighted by molar-refractivity contribution is -0.0245. The summed E-state index contributed by atoms with van der Waals surface area (Å²) in [4.78, 5) is 27.2. The summed E-state index contributed by atoms with van der Waals surface area (Å²) in [6, 6.07) is 9.18. The highest BCUT2D eigenvalue weighted by molar-refractivity contribution is 5.98. The number of piperidine rings is 1. The molecule has 0 atom stereocenters. The molecule has 1 N–H and O–H groups in total. The molecule has 1 aromatic carbocycles. The van der Waals surface area contributed by atoms with Gasteiger partial charge >= 0.3 is 0 Å². The molecule has 2 aliphatic heterocycles. The van der Waals surface area contributed by atoms with Gasteiger partial charge in [0.1, 0.15) is 17.3 Å². The third-order valence-electron chi connectivity index (χ3n) is 5.78. The van der Waals surface area contributed by atoms with Gasteiger partial charge < -0.3 is 19.4 Å². The standard InChI is InChI=1S/C21H22N2O4/c1-13-16(12-18(26-13)14-6-7-14)20(25)23-10-8-21(9-11-23)22-19(24)15-4-2-3-5-17(15)27-21/h2-5,12,14H,6-11H2,1H3,(H,22,24). The lowest BCUT2D eigenvalue weighted by Gasteiger charge is -2.44. The molecule has 0 radical (unpaired) electrons. The summed E-state index contributed by atoms with van der Waals surface area (Å²) in [5.74, 6) is 2.61. The summed E-state index contributed by atoms with van der Waals surface area (Å²) in [6.07, 6.45) is 3.41. The number of benzene rings is 1. The lowest BCUT2D eigenvalue weighted by Crippen LogP contribution is -2.61. The van der Waals surface area contributed by atoms with Crippen molar-refractivity contribution in [2.24, 2.45) is 0 Å². The van der Waals surface area contributed by atoms with Gasteiger partial charge in [-0.2, -0.15) is 0 Å². The normalized spacial score (nSPS) is 20.8. The average Bonchev–Trinajstić information content (AvgIpc) is 3.44. The van der Waals surface area contributed by atoms with Crippen molar-refractivity contribution in [2.45, 2.75) is 44.2 Å². The molecule has 0 unspecified atom stereocenters. The molecular formula is C21H22N2O4. The number of ether oxygens (including phenoxy) is 1. The largest absolute Gasteiger partial charge is 0.467 e. The van der Waals surface area contributed by atoms with E-state index in [-0.39, 0.29) is 11.8 Å². The van der Waals surface area contributed by atoms with Crippen molar-refractivity contribution < 1.29 is 18.7 Å². The van der Waals surface area contributed by atoms with E-state index in [1.54, 1.807) is 6.07 Å². The Bertz CT molecular complexity index is 920. The summed E-state index contributed by atoms with van der Waals surface area (Å²) in [6.45, 7) is 2.92. The van der Waals surface area contributed by atoms with Gasteiger partial charge in [0.25, 0.3) is 11.8 Å². The van der Waals surface area contributed by atoms with E-state index >= 15 is 0 Å². The van der Waals surface area contributed by atoms with Crippen molar-refractivity contribution in [1.29, 1.82) is 0 Å². The van der Waals surface area contributed by atoms with Crippen molar-refractivity contribution in [2.75, 3.05) is 13.1 Å². The number of hydrogen-bond acceptors (Lipinski definition) is 4. The SMILES string of the molecule is Cc1oc(C2CC2)cc1C(=O)N1CCC2(CC1)NC(=O)c1ccccc1O2. The van der Waals surface area contributed by atoms with Crippen LogP contribution in [-0.4, -0.2) is 35.5 Å². The van der Waals surface area contributed by atoms with Gasteiger partial charge in [-0.25, -0.2) is 0 Å². The van der Waals surface area contributed by atoms with Gasteiger partial charge in [0.2, 0.25) is 0 Å². The van der Waals surface area contributed by atoms with Gasteiger partial charge in [0, 0.05) is 31.8 Å². The number of furan rings is 1. The molecule has 2 amide bonds. The number of hydrogen-bond donors (Lipinski definition) is 1. The van der Waals surface area contributed by atoms with Crippen LogP contribution >= 0.6 is 0 Å². The second-order valence-corrected chi connectivity index (χ2v) is 7.73. The molecule has 140 valence electrons. The van der Waals surface area contributed by atoms with E-state index in [4.69, 9.17) is 9.15 Å². The Morgan fingerprint density at radius 1 is 1.22 bits per heavy atom. The number of para-hydroxylation sites is 1. The van der Waals surface area contributed by atoms with E-state index in [2.05, 4.69) is 5.32 Å². The molecular weight excluding hydrogens is 344 g/mol. The first-order chi connectivity index (χ1) is 13.0. The van der Waals surface area contributed by atoms with Crippen LogP contribution in [0.3, 0.4) is 0 Å². The summed E-state index contributed by atoms with van der Waals surface area (Å²) < 4.78 is 11.9. The molecule has 0 bridgehead atoms. The first-order valence-electron chi connectivity index (χ1n) is 9.55. The van der Waals surface area contributed by atoms with Crippen molar-refractivity contribution in [3.05, 3.63) is 53.0 Å². The highest BCUT2D eigenvalue weighted by Crippen LogP contribution is 2.42. The van der Waals surface area contributed by atoms with Gasteiger partial charge in [-0.3, -0.25) is 9.59 Å². The number of aryl methyl sites for hydroxylation is 1. The zero-order valence-corrected chi connectivity index (χ0v) is 15.3. The highest BCUT2D eigenvalue weighted by atomic mass is 16.5. The van der Waals surface area contributed by atoms with Crippen molar-refractivity contribution >= 4 is 11.8 Å². The summed E-state index contributed by atoms with van der Waals surface area (Å²) in [7, 11) is 0. The van der Waals surface area contributed by atoms with Crippen molar-refractivity contribution in [3.8, 4) is 5.75 Å². The quantitative estimate of drug-likeness (QED) is 0.886. The van der Waals surface area contributed by atoms with Crippen LogP contribution in [0.25, 0.3) is 0 Å². The molecule has 2 fully saturated rings. The van der Waals surface area contributed by atoms with E-state index in [0.717, 1.165) is 18.6 Å². The predicted molar refractivity (Wildman–Crippen MR) is 97.8 cm³/mol. The molecule has 27 heavy (non-hydrogen) atoms. The summed E-state index contributed by atoms with van der Waals surface area (Å²) in [5.41, 5.74) is 0.488. The fraction of sp³-hybridized carbons (Fsp3) is 0.429. The second kappa shape index (κ2) is 5.87. The Kier molecular flexibility index (Phi) is 3.57. The minimum absolute atomic E-state index is 0.000496. The Morgan fingerprint density at radius 2 is 1.96 bits per heavy atom. The Balaban J connectivity index is 1.30. The fourth-order valence-electron chi connectivity index (χ4n) is 4.01. The minimum Gasteiger partial charge on any atom is -0.467 e. The zero-order chi connectivity index (χ0) is 18.6. The van der Waals surface area contributed by atoms with Crippen LogP contribution in [0.15, 0.2) is 34.7 Å². The molecule has 1 saturated carbocycles. The van der Waals surface area contributed by atoms with Crippen LogP contribution in [0.1, 0.15) is 63.8 Å². The number of likely N-dealkylation sites (tertiary alicyclic amines) is 1. The van der Waals surface area contributed by atoms with Crippen LogP contribution in [0, 0.1) is 6.92 Å². The van der Waals surface area contributed by atoms with Crippen molar-refractivity contribution in [3.63, 3.8) is 0 Å². The van der Waals surface area contributed by atoms with Gasteiger partial charge in [0.15, 0.2) is 5.72 Å². The topological polar surface area (TPSA) is 71.8 Å². The number of fused-ring (bicyclic) bond motifs is 1. The average molecular weight is 366 g/mol. The maximum absolute atomic E-state index is 12.9. The Hall–Kier alpha value is -2.76. The smallest absolute Gasteiger partial charge is 0.258 e. The summed E-state index contributed by atoms with van der Waals surface area (Å²) in [5, 5.41) is 3.01. The number of carbonyl (C=O) groups is 2. The van der Waals surface area contributed by atoms with E-state index in [0.29, 0.717) is 54.5 Å². The van der Waals surface area contributed by atoms with Crippen LogP contribution in [-0.2, 0) is 0 Å². The Labute approximate surface area is 157 Å². The van der Waals surface area contributed by atoms with E-state index in [1.165, 1.54) is 0 Å². The lowest BCUT2D eigenvalue weighted by atomic mass is 9.96. The number of nitrogens with zero attached hydrogens (tertiary/aromatic N) is 1. The predicted octanol–water partition coefficient (Wildman–Crippen LogP) is 3.22. The number of nitrogens with one attached hydrogen (secondary N) is 1. The van der Waals surface area contributed by atoms with Crippen LogP contribution in [0.5, 0.6) is 5.75 Å². The molecule has 1 saturated heterocycles. The maximum atomic E-state index is 12.9. The van der Waals surface area contributed by atoms with Gasteiger partial charge in [-0.15, -0.1) is 0 Å². The molecule has 1 aliphatic carbocycles. The molecule has 6 heteroatoms. The van der Waals surface area contributed by atoms with Gasteiger partial charge in [0.05, 0.1) is 11.1 Å². The van der Waals surface area contributed by atoms with E-state index in [1.807, 2.05) is 36.1 Å². The molecule has 2 aromatic rings. The molecule has 1 aromatic heterocycles. The van der Waals surface area contributed by atoms with E-state index in [9.17, 15) is 9.59 Å². The maximum Gasteiger partial charge on any atom is 0.258 e. The van der Waals surface area contributed by atoms with Gasteiger partial charge in [-0.1, -0.05) is 12.1 Å². The number of amides is 2. The second-order valence-electron chi connectivity index (χ2n) is 7.73. The molecule has 3 aliphatic rings. The number of rotatable bonds is 2. The Morgan fingerprint density at radius 3 is 2.70 bits per heavy atom. The highest BCUT2D eigenvalue weighted by Gasteiger charge is 2.43. The third kappa shape index (κ3) is 2.80. The molecule has 3 heterocycles. The monoisotopic (exact) mass is 366 g/mol. The van der Waals surface area contributed by atoms with Gasteiger partial charge in [-0.05, 0) is 38.0 Å². The minimum atomic E-state index is -0.729. The van der Waals surface area contributed by atoms with Crippen LogP contribution < -0.4 is 10.1 Å². The fourth-order valence-corrected chi connectivity index (χ4v) is 4.01. The van der Waals surface area contributed by atoms with Crippen LogP contribution in [0.2, 0.25) is 0 Å².